The van der Waals surface area contributed by atoms with E-state index >= 15 is 0 Å². The molecule has 130 valence electrons. The molecule has 1 N–H and O–H groups in total. The van der Waals surface area contributed by atoms with Gasteiger partial charge in [-0.3, -0.25) is 4.79 Å². The Morgan fingerprint density at radius 1 is 1.24 bits per heavy atom. The summed E-state index contributed by atoms with van der Waals surface area (Å²) < 4.78 is 5.43. The monoisotopic (exact) mass is 373 g/mol. The topological polar surface area (TPSA) is 49.8 Å². The minimum Gasteiger partial charge on any atom is -0.507 e. The smallest absolute Gasteiger partial charge is 0.191 e. The van der Waals surface area contributed by atoms with Crippen LogP contribution in [0.4, 0.5) is 5.69 Å². The van der Waals surface area contributed by atoms with Crippen LogP contribution in [-0.2, 0) is 0 Å². The number of thiol groups is 1. The van der Waals surface area contributed by atoms with Gasteiger partial charge in [0.1, 0.15) is 15.8 Å². The highest BCUT2D eigenvalue weighted by Crippen LogP contribution is 2.25. The molecule has 0 saturated heterocycles. The highest BCUT2D eigenvalue weighted by Gasteiger charge is 2.15. The Labute approximate surface area is 158 Å². The van der Waals surface area contributed by atoms with E-state index in [0.29, 0.717) is 26.9 Å². The number of methoxy groups -OCH3 is 1. The molecule has 0 atom stereocenters. The molecule has 2 rings (SSSR count). The molecule has 0 aromatic heterocycles. The average molecular weight is 373 g/mol. The van der Waals surface area contributed by atoms with Crippen molar-refractivity contribution >= 4 is 46.4 Å². The number of ether oxygens (including phenoxy) is 1. The van der Waals surface area contributed by atoms with Crippen LogP contribution in [-0.4, -0.2) is 29.4 Å². The van der Waals surface area contributed by atoms with E-state index in [4.69, 9.17) is 17.0 Å². The van der Waals surface area contributed by atoms with Crippen LogP contribution in [0.15, 0.2) is 48.5 Å². The van der Waals surface area contributed by atoms with Gasteiger partial charge in [0, 0.05) is 24.3 Å². The number of aliphatic hydroxyl groups excluding tert-OH is 1. The summed E-state index contributed by atoms with van der Waals surface area (Å²) in [6.45, 7) is 1.90. The second-order valence-electron chi connectivity index (χ2n) is 5.48. The SMILES string of the molecule is COc1ccc(/C(O)=C/C(=O)c2cc(C)ccc2N(C)C(=S)S)cc1. The van der Waals surface area contributed by atoms with Gasteiger partial charge in [-0.2, -0.15) is 0 Å². The first kappa shape index (κ1) is 19.0. The number of hydrogen-bond acceptors (Lipinski definition) is 4. The van der Waals surface area contributed by atoms with Crippen molar-refractivity contribution in [2.75, 3.05) is 19.1 Å². The van der Waals surface area contributed by atoms with Crippen molar-refractivity contribution in [1.29, 1.82) is 0 Å². The number of ketones is 1. The first-order valence-electron chi connectivity index (χ1n) is 7.50. The maximum absolute atomic E-state index is 12.7. The summed E-state index contributed by atoms with van der Waals surface area (Å²) in [6, 6.07) is 12.3. The highest BCUT2D eigenvalue weighted by atomic mass is 32.1. The molecule has 0 fully saturated rings. The van der Waals surface area contributed by atoms with E-state index in [0.717, 1.165) is 5.56 Å². The van der Waals surface area contributed by atoms with Gasteiger partial charge in [0.25, 0.3) is 0 Å². The molecule has 6 heteroatoms. The van der Waals surface area contributed by atoms with Crippen molar-refractivity contribution in [2.45, 2.75) is 6.92 Å². The third kappa shape index (κ3) is 4.61. The largest absolute Gasteiger partial charge is 0.507 e. The molecule has 2 aromatic carbocycles. The number of thiocarbonyl (C=S) groups is 1. The third-order valence-electron chi connectivity index (χ3n) is 3.72. The number of carbonyl (C=O) groups is 1. The highest BCUT2D eigenvalue weighted by molar-refractivity contribution is 8.11. The molecule has 0 amide bonds. The minimum absolute atomic E-state index is 0.115. The maximum atomic E-state index is 12.7. The first-order chi connectivity index (χ1) is 11.8. The predicted octanol–water partition coefficient (Wildman–Crippen LogP) is 4.44. The van der Waals surface area contributed by atoms with Crippen molar-refractivity contribution in [3.8, 4) is 5.75 Å². The summed E-state index contributed by atoms with van der Waals surface area (Å²) in [5, 5.41) is 10.3. The van der Waals surface area contributed by atoms with Gasteiger partial charge in [0.05, 0.1) is 12.8 Å². The summed E-state index contributed by atoms with van der Waals surface area (Å²) in [4.78, 5) is 14.3. The zero-order chi connectivity index (χ0) is 18.6. The molecule has 0 radical (unpaired) electrons. The summed E-state index contributed by atoms with van der Waals surface area (Å²) >= 11 is 9.23. The van der Waals surface area contributed by atoms with Crippen LogP contribution in [0.3, 0.4) is 0 Å². The van der Waals surface area contributed by atoms with Gasteiger partial charge in [0.15, 0.2) is 5.78 Å². The number of hydrogen-bond donors (Lipinski definition) is 2. The lowest BCUT2D eigenvalue weighted by Crippen LogP contribution is -2.22. The van der Waals surface area contributed by atoms with Crippen molar-refractivity contribution < 1.29 is 14.6 Å². The van der Waals surface area contributed by atoms with E-state index < -0.39 is 0 Å². The van der Waals surface area contributed by atoms with Crippen molar-refractivity contribution in [3.05, 3.63) is 65.2 Å². The zero-order valence-corrected chi connectivity index (χ0v) is 15.9. The number of aryl methyl sites for hydroxylation is 1. The fourth-order valence-electron chi connectivity index (χ4n) is 2.29. The zero-order valence-electron chi connectivity index (χ0n) is 14.2. The minimum atomic E-state index is -0.316. The van der Waals surface area contributed by atoms with Gasteiger partial charge in [-0.1, -0.05) is 23.8 Å². The number of anilines is 1. The van der Waals surface area contributed by atoms with Crippen molar-refractivity contribution in [1.82, 2.24) is 0 Å². The predicted molar refractivity (Wildman–Crippen MR) is 109 cm³/mol. The Morgan fingerprint density at radius 2 is 1.88 bits per heavy atom. The molecule has 0 spiro atoms. The second kappa shape index (κ2) is 8.18. The number of benzene rings is 2. The summed E-state index contributed by atoms with van der Waals surface area (Å²) in [5.41, 5.74) is 2.54. The maximum Gasteiger partial charge on any atom is 0.191 e. The van der Waals surface area contributed by atoms with Gasteiger partial charge in [-0.25, -0.2) is 0 Å². The van der Waals surface area contributed by atoms with E-state index in [1.165, 1.54) is 6.08 Å². The quantitative estimate of drug-likeness (QED) is 0.267. The first-order valence-corrected chi connectivity index (χ1v) is 8.35. The number of aliphatic hydroxyl groups is 1. The van der Waals surface area contributed by atoms with Crippen LogP contribution in [0.1, 0.15) is 21.5 Å². The van der Waals surface area contributed by atoms with Gasteiger partial charge in [-0.05, 0) is 43.3 Å². The van der Waals surface area contributed by atoms with Gasteiger partial charge < -0.3 is 14.7 Å². The van der Waals surface area contributed by atoms with Crippen LogP contribution >= 0.6 is 24.8 Å². The Balaban J connectivity index is 2.39. The summed E-state index contributed by atoms with van der Waals surface area (Å²) in [5.74, 6) is 0.243. The lowest BCUT2D eigenvalue weighted by atomic mass is 10.0. The van der Waals surface area contributed by atoms with E-state index in [-0.39, 0.29) is 11.5 Å². The Hall–Kier alpha value is -2.31. The average Bonchev–Trinajstić information content (AvgIpc) is 2.60. The molecule has 0 aliphatic rings. The number of rotatable bonds is 5. The second-order valence-corrected chi connectivity index (χ2v) is 6.60. The van der Waals surface area contributed by atoms with E-state index in [9.17, 15) is 9.90 Å². The Morgan fingerprint density at radius 3 is 2.44 bits per heavy atom. The van der Waals surface area contributed by atoms with Crippen LogP contribution in [0.5, 0.6) is 5.75 Å². The van der Waals surface area contributed by atoms with Crippen LogP contribution in [0.2, 0.25) is 0 Å². The number of allylic oxidation sites excluding steroid dienone is 1. The molecule has 2 aromatic rings. The molecule has 4 nitrogen and oxygen atoms in total. The molecule has 0 saturated carbocycles. The Bertz CT molecular complexity index is 829. The molecular formula is C19H19NO3S2. The summed E-state index contributed by atoms with van der Waals surface area (Å²) in [7, 11) is 3.31. The standard InChI is InChI=1S/C19H19NO3S2/c1-12-4-9-16(20(2)19(24)25)15(10-12)18(22)11-17(21)13-5-7-14(23-3)8-6-13/h4-11,21H,1-3H3,(H,24,25)/b17-11-. The number of carbonyl (C=O) groups excluding carboxylic acids is 1. The summed E-state index contributed by atoms with van der Waals surface area (Å²) in [6.07, 6.45) is 1.20. The fraction of sp³-hybridized carbons (Fsp3) is 0.158. The van der Waals surface area contributed by atoms with E-state index in [1.54, 1.807) is 49.4 Å². The fourth-order valence-corrected chi connectivity index (χ4v) is 2.50. The van der Waals surface area contributed by atoms with Crippen LogP contribution < -0.4 is 9.64 Å². The van der Waals surface area contributed by atoms with Gasteiger partial charge >= 0.3 is 0 Å². The van der Waals surface area contributed by atoms with Crippen molar-refractivity contribution in [2.24, 2.45) is 0 Å². The molecule has 0 unspecified atom stereocenters. The normalized spacial score (nSPS) is 11.1. The molecule has 0 aliphatic heterocycles. The third-order valence-corrected chi connectivity index (χ3v) is 4.29. The molecule has 0 aliphatic carbocycles. The van der Waals surface area contributed by atoms with Crippen LogP contribution in [0, 0.1) is 6.92 Å². The van der Waals surface area contributed by atoms with Crippen LogP contribution in [0.25, 0.3) is 5.76 Å². The van der Waals surface area contributed by atoms with E-state index in [2.05, 4.69) is 12.6 Å². The molecule has 0 heterocycles. The molecule has 25 heavy (non-hydrogen) atoms. The molecular weight excluding hydrogens is 354 g/mol. The lowest BCUT2D eigenvalue weighted by Gasteiger charge is -2.20. The van der Waals surface area contributed by atoms with E-state index in [1.807, 2.05) is 19.1 Å². The molecule has 0 bridgehead atoms. The lowest BCUT2D eigenvalue weighted by molar-refractivity contribution is 0.104. The van der Waals surface area contributed by atoms with Gasteiger partial charge in [0.2, 0.25) is 0 Å². The number of nitrogens with zero attached hydrogens (tertiary/aromatic N) is 1. The van der Waals surface area contributed by atoms with Crippen molar-refractivity contribution in [3.63, 3.8) is 0 Å². The van der Waals surface area contributed by atoms with Gasteiger partial charge in [-0.15, -0.1) is 12.6 Å². The Kier molecular flexibility index (Phi) is 6.22.